The molecule has 0 aromatic carbocycles. The zero-order valence-corrected chi connectivity index (χ0v) is 10.5. The first kappa shape index (κ1) is 14.8. The first-order valence-electron chi connectivity index (χ1n) is 6.50. The number of rotatable bonds is 7. The molecule has 6 nitrogen and oxygen atoms in total. The van der Waals surface area contributed by atoms with Crippen molar-refractivity contribution in [3.05, 3.63) is 0 Å². The van der Waals surface area contributed by atoms with Gasteiger partial charge in [0.1, 0.15) is 0 Å². The van der Waals surface area contributed by atoms with Crippen LogP contribution >= 0.6 is 0 Å². The van der Waals surface area contributed by atoms with Crippen LogP contribution in [0, 0.1) is 5.92 Å². The molecule has 0 aliphatic heterocycles. The number of hydrogen-bond donors (Lipinski definition) is 4. The van der Waals surface area contributed by atoms with Gasteiger partial charge in [-0.3, -0.25) is 4.79 Å². The van der Waals surface area contributed by atoms with E-state index in [4.69, 9.17) is 5.11 Å². The minimum atomic E-state index is -0.864. The summed E-state index contributed by atoms with van der Waals surface area (Å²) >= 11 is 0. The van der Waals surface area contributed by atoms with E-state index >= 15 is 0 Å². The Hall–Kier alpha value is -1.30. The third-order valence-corrected chi connectivity index (χ3v) is 3.34. The molecule has 1 aliphatic rings. The predicted octanol–water partition coefficient (Wildman–Crippen LogP) is 0.701. The van der Waals surface area contributed by atoms with Gasteiger partial charge in [-0.15, -0.1) is 0 Å². The molecule has 1 atom stereocenters. The van der Waals surface area contributed by atoms with E-state index in [2.05, 4.69) is 10.6 Å². The quantitative estimate of drug-likeness (QED) is 0.505. The van der Waals surface area contributed by atoms with Crippen molar-refractivity contribution < 1.29 is 19.8 Å². The monoisotopic (exact) mass is 258 g/mol. The largest absolute Gasteiger partial charge is 0.481 e. The number of urea groups is 1. The number of aliphatic hydroxyl groups is 1. The Morgan fingerprint density at radius 2 is 1.94 bits per heavy atom. The first-order valence-corrected chi connectivity index (χ1v) is 6.50. The van der Waals surface area contributed by atoms with Crippen molar-refractivity contribution in [1.29, 1.82) is 0 Å². The lowest BCUT2D eigenvalue weighted by Crippen LogP contribution is -2.47. The first-order chi connectivity index (χ1) is 8.63. The van der Waals surface area contributed by atoms with Gasteiger partial charge in [-0.1, -0.05) is 12.8 Å². The molecule has 1 rings (SSSR count). The molecule has 2 amide bonds. The fourth-order valence-corrected chi connectivity index (χ4v) is 2.33. The van der Waals surface area contributed by atoms with Gasteiger partial charge < -0.3 is 20.8 Å². The summed E-state index contributed by atoms with van der Waals surface area (Å²) in [5.41, 5.74) is 0. The number of amides is 2. The highest BCUT2D eigenvalue weighted by Crippen LogP contribution is 2.27. The number of carboxylic acid groups (broad SMARTS) is 1. The van der Waals surface area contributed by atoms with Gasteiger partial charge in [0.25, 0.3) is 0 Å². The number of carbonyl (C=O) groups excluding carboxylic acids is 1. The lowest BCUT2D eigenvalue weighted by Gasteiger charge is -2.22. The summed E-state index contributed by atoms with van der Waals surface area (Å²) in [6, 6.07) is -0.515. The molecule has 1 unspecified atom stereocenters. The van der Waals surface area contributed by atoms with Crippen LogP contribution < -0.4 is 10.6 Å². The molecule has 104 valence electrons. The summed E-state index contributed by atoms with van der Waals surface area (Å²) in [5.74, 6) is -0.504. The summed E-state index contributed by atoms with van der Waals surface area (Å²) in [5, 5.41) is 23.1. The summed E-state index contributed by atoms with van der Waals surface area (Å²) < 4.78 is 0. The second kappa shape index (κ2) is 7.92. The molecule has 1 saturated carbocycles. The lowest BCUT2D eigenvalue weighted by molar-refractivity contribution is -0.137. The lowest BCUT2D eigenvalue weighted by atomic mass is 9.99. The van der Waals surface area contributed by atoms with Gasteiger partial charge in [-0.2, -0.15) is 0 Å². The molecule has 0 spiro atoms. The number of hydrogen-bond acceptors (Lipinski definition) is 3. The topological polar surface area (TPSA) is 98.7 Å². The maximum atomic E-state index is 11.5. The predicted molar refractivity (Wildman–Crippen MR) is 66.2 cm³/mol. The maximum absolute atomic E-state index is 11.5. The van der Waals surface area contributed by atoms with Gasteiger partial charge in [0, 0.05) is 13.0 Å². The van der Waals surface area contributed by atoms with Gasteiger partial charge in [-0.05, 0) is 25.2 Å². The van der Waals surface area contributed by atoms with E-state index in [0.717, 1.165) is 25.7 Å². The van der Waals surface area contributed by atoms with E-state index in [-0.39, 0.29) is 25.1 Å². The van der Waals surface area contributed by atoms with Crippen LogP contribution in [0.15, 0.2) is 0 Å². The molecule has 4 N–H and O–H groups in total. The average Bonchev–Trinajstić information content (AvgIpc) is 2.85. The van der Waals surface area contributed by atoms with Crippen LogP contribution in [-0.4, -0.2) is 41.4 Å². The van der Waals surface area contributed by atoms with Crippen LogP contribution in [0.4, 0.5) is 4.79 Å². The highest BCUT2D eigenvalue weighted by atomic mass is 16.4. The van der Waals surface area contributed by atoms with Crippen molar-refractivity contribution in [2.75, 3.05) is 13.2 Å². The van der Waals surface area contributed by atoms with Gasteiger partial charge >= 0.3 is 12.0 Å². The van der Waals surface area contributed by atoms with Crippen LogP contribution in [0.5, 0.6) is 0 Å². The van der Waals surface area contributed by atoms with E-state index in [1.165, 1.54) is 0 Å². The summed E-state index contributed by atoms with van der Waals surface area (Å²) in [6.45, 7) is 0.286. The Labute approximate surface area is 107 Å². The second-order valence-electron chi connectivity index (χ2n) is 4.73. The van der Waals surface area contributed by atoms with E-state index in [1.807, 2.05) is 0 Å². The van der Waals surface area contributed by atoms with Gasteiger partial charge in [0.05, 0.1) is 12.6 Å². The fourth-order valence-electron chi connectivity index (χ4n) is 2.33. The van der Waals surface area contributed by atoms with Gasteiger partial charge in [0.2, 0.25) is 0 Å². The Kier molecular flexibility index (Phi) is 6.49. The third kappa shape index (κ3) is 5.35. The molecule has 18 heavy (non-hydrogen) atoms. The molecule has 1 aliphatic carbocycles. The van der Waals surface area contributed by atoms with Crippen LogP contribution in [0.3, 0.4) is 0 Å². The molecule has 0 bridgehead atoms. The van der Waals surface area contributed by atoms with Crippen molar-refractivity contribution in [1.82, 2.24) is 10.6 Å². The minimum Gasteiger partial charge on any atom is -0.481 e. The van der Waals surface area contributed by atoms with E-state index in [0.29, 0.717) is 18.9 Å². The van der Waals surface area contributed by atoms with Crippen molar-refractivity contribution >= 4 is 12.0 Å². The normalized spacial score (nSPS) is 17.4. The van der Waals surface area contributed by atoms with Crippen molar-refractivity contribution in [2.45, 2.75) is 44.6 Å². The molecule has 0 saturated heterocycles. The Bertz CT molecular complexity index is 277. The average molecular weight is 258 g/mol. The van der Waals surface area contributed by atoms with Crippen molar-refractivity contribution in [3.8, 4) is 0 Å². The van der Waals surface area contributed by atoms with Crippen molar-refractivity contribution in [3.63, 3.8) is 0 Å². The van der Waals surface area contributed by atoms with Crippen LogP contribution in [0.1, 0.15) is 38.5 Å². The standard InChI is InChI=1S/C12H22N2O4/c15-8-10(9-4-1-2-5-9)14-12(18)13-7-3-6-11(16)17/h9-10,15H,1-8H2,(H,16,17)(H2,13,14,18). The van der Waals surface area contributed by atoms with Gasteiger partial charge in [-0.25, -0.2) is 4.79 Å². The summed E-state index contributed by atoms with van der Waals surface area (Å²) in [7, 11) is 0. The SMILES string of the molecule is O=C(O)CCCNC(=O)NC(CO)C1CCCC1. The summed E-state index contributed by atoms with van der Waals surface area (Å²) in [6.07, 6.45) is 4.86. The number of nitrogens with one attached hydrogen (secondary N) is 2. The number of carboxylic acids is 1. The van der Waals surface area contributed by atoms with Crippen molar-refractivity contribution in [2.24, 2.45) is 5.92 Å². The Morgan fingerprint density at radius 3 is 2.50 bits per heavy atom. The minimum absolute atomic E-state index is 0.0479. The highest BCUT2D eigenvalue weighted by molar-refractivity contribution is 5.74. The summed E-state index contributed by atoms with van der Waals surface area (Å²) in [4.78, 5) is 21.8. The smallest absolute Gasteiger partial charge is 0.315 e. The Balaban J connectivity index is 2.18. The molecule has 0 heterocycles. The molecular formula is C12H22N2O4. The van der Waals surface area contributed by atoms with E-state index < -0.39 is 5.97 Å². The molecule has 0 aromatic heterocycles. The van der Waals surface area contributed by atoms with E-state index in [9.17, 15) is 14.7 Å². The Morgan fingerprint density at radius 1 is 1.28 bits per heavy atom. The second-order valence-corrected chi connectivity index (χ2v) is 4.73. The number of carbonyl (C=O) groups is 2. The third-order valence-electron chi connectivity index (χ3n) is 3.34. The zero-order valence-electron chi connectivity index (χ0n) is 10.5. The van der Waals surface area contributed by atoms with Gasteiger partial charge in [0.15, 0.2) is 0 Å². The maximum Gasteiger partial charge on any atom is 0.315 e. The molecule has 0 radical (unpaired) electrons. The van der Waals surface area contributed by atoms with E-state index in [1.54, 1.807) is 0 Å². The highest BCUT2D eigenvalue weighted by Gasteiger charge is 2.25. The number of aliphatic hydroxyl groups excluding tert-OH is 1. The zero-order chi connectivity index (χ0) is 13.4. The molecule has 1 fully saturated rings. The fraction of sp³-hybridized carbons (Fsp3) is 0.833. The molecule has 0 aromatic rings. The molecular weight excluding hydrogens is 236 g/mol. The molecule has 6 heteroatoms. The van der Waals surface area contributed by atoms with Crippen LogP contribution in [0.25, 0.3) is 0 Å². The number of aliphatic carboxylic acids is 1. The van der Waals surface area contributed by atoms with Crippen LogP contribution in [0.2, 0.25) is 0 Å². The van der Waals surface area contributed by atoms with Crippen LogP contribution in [-0.2, 0) is 4.79 Å².